The van der Waals surface area contributed by atoms with Gasteiger partial charge in [0.25, 0.3) is 0 Å². The molecular formula is C10H11NO. The minimum absolute atomic E-state index is 0.700. The maximum atomic E-state index is 4.99. The van der Waals surface area contributed by atoms with Gasteiger partial charge in [0.2, 0.25) is 0 Å². The van der Waals surface area contributed by atoms with Crippen LogP contribution in [0.3, 0.4) is 0 Å². The second-order valence-electron chi connectivity index (χ2n) is 2.40. The lowest BCUT2D eigenvalue weighted by Crippen LogP contribution is -2.19. The number of hydrogen-bond acceptors (Lipinski definition) is 2. The lowest BCUT2D eigenvalue weighted by Gasteiger charge is -1.71. The molecule has 12 heavy (non-hydrogen) atoms. The van der Waals surface area contributed by atoms with Crippen molar-refractivity contribution < 1.29 is 4.52 Å². The molecule has 0 N–H and O–H groups in total. The molecule has 0 aromatic carbocycles. The molecule has 1 aromatic rings. The Kier molecular flexibility index (Phi) is 2.64. The second kappa shape index (κ2) is 3.72. The summed E-state index contributed by atoms with van der Waals surface area (Å²) in [5.41, 5.74) is 1.53. The molecule has 0 spiro atoms. The topological polar surface area (TPSA) is 26.0 Å². The molecule has 0 saturated heterocycles. The first kappa shape index (κ1) is 8.53. The van der Waals surface area contributed by atoms with Gasteiger partial charge in [0, 0.05) is 5.22 Å². The number of aromatic nitrogens is 1. The first-order valence-electron chi connectivity index (χ1n) is 3.66. The van der Waals surface area contributed by atoms with Crippen LogP contribution in [0, 0.1) is 6.92 Å². The average Bonchev–Trinajstić information content (AvgIpc) is 2.36. The van der Waals surface area contributed by atoms with Crippen LogP contribution in [0.5, 0.6) is 0 Å². The van der Waals surface area contributed by atoms with E-state index >= 15 is 0 Å². The number of rotatable bonds is 2. The van der Waals surface area contributed by atoms with E-state index in [9.17, 15) is 0 Å². The summed E-state index contributed by atoms with van der Waals surface area (Å²) < 4.78 is 4.99. The molecule has 1 aromatic heterocycles. The minimum Gasteiger partial charge on any atom is -0.356 e. The van der Waals surface area contributed by atoms with E-state index in [1.165, 1.54) is 0 Å². The van der Waals surface area contributed by atoms with E-state index in [1.807, 2.05) is 25.2 Å². The third kappa shape index (κ3) is 1.72. The summed E-state index contributed by atoms with van der Waals surface area (Å²) in [5.74, 6) is 0. The Hall–Kier alpha value is -1.57. The zero-order valence-electron chi connectivity index (χ0n) is 7.08. The average molecular weight is 161 g/mol. The van der Waals surface area contributed by atoms with Gasteiger partial charge in [-0.05, 0) is 13.0 Å². The Bertz CT molecular complexity index is 398. The van der Waals surface area contributed by atoms with Crippen molar-refractivity contribution in [1.29, 1.82) is 0 Å². The Labute approximate surface area is 71.2 Å². The molecule has 1 heterocycles. The zero-order valence-corrected chi connectivity index (χ0v) is 7.08. The predicted octanol–water partition coefficient (Wildman–Crippen LogP) is 0.916. The molecule has 0 saturated carbocycles. The van der Waals surface area contributed by atoms with Gasteiger partial charge in [-0.15, -0.1) is 0 Å². The lowest BCUT2D eigenvalue weighted by atomic mass is 10.3. The Morgan fingerprint density at radius 1 is 1.42 bits per heavy atom. The standard InChI is InChI=1S/C10H11NO/c1-4-5-6-7-10-8(2)9(3)11-12-10/h4-7H,1-2H2,3H3/b6-5-,10-7+. The molecule has 0 aliphatic rings. The Balaban J connectivity index is 3.11. The predicted molar refractivity (Wildman–Crippen MR) is 49.8 cm³/mol. The largest absolute Gasteiger partial charge is 0.356 e. The monoisotopic (exact) mass is 161 g/mol. The molecule has 0 bridgehead atoms. The van der Waals surface area contributed by atoms with E-state index in [2.05, 4.69) is 18.3 Å². The van der Waals surface area contributed by atoms with E-state index in [0.29, 0.717) is 5.42 Å². The Morgan fingerprint density at radius 2 is 2.17 bits per heavy atom. The molecule has 62 valence electrons. The van der Waals surface area contributed by atoms with Gasteiger partial charge >= 0.3 is 0 Å². The number of allylic oxidation sites excluding steroid dienone is 3. The molecule has 0 unspecified atom stereocenters. The first-order valence-corrected chi connectivity index (χ1v) is 3.66. The second-order valence-corrected chi connectivity index (χ2v) is 2.40. The summed E-state index contributed by atoms with van der Waals surface area (Å²) in [5, 5.41) is 4.60. The zero-order chi connectivity index (χ0) is 8.97. The van der Waals surface area contributed by atoms with Crippen LogP contribution in [0.15, 0.2) is 29.3 Å². The van der Waals surface area contributed by atoms with Crippen molar-refractivity contribution in [2.75, 3.05) is 0 Å². The fourth-order valence-electron chi connectivity index (χ4n) is 0.759. The highest BCUT2D eigenvalue weighted by atomic mass is 16.5. The van der Waals surface area contributed by atoms with Crippen LogP contribution < -0.4 is 10.6 Å². The van der Waals surface area contributed by atoms with Crippen LogP contribution in [0.4, 0.5) is 0 Å². The summed E-state index contributed by atoms with van der Waals surface area (Å²) >= 11 is 0. The van der Waals surface area contributed by atoms with Crippen LogP contribution in [0.25, 0.3) is 12.7 Å². The van der Waals surface area contributed by atoms with Crippen LogP contribution in [0.2, 0.25) is 0 Å². The number of aryl methyl sites for hydroxylation is 1. The van der Waals surface area contributed by atoms with Crippen molar-refractivity contribution in [3.8, 4) is 0 Å². The summed E-state index contributed by atoms with van der Waals surface area (Å²) in [6, 6.07) is 0. The quantitative estimate of drug-likeness (QED) is 0.603. The van der Waals surface area contributed by atoms with Crippen molar-refractivity contribution in [3.05, 3.63) is 41.1 Å². The third-order valence-electron chi connectivity index (χ3n) is 1.51. The van der Waals surface area contributed by atoms with Crippen molar-refractivity contribution >= 4 is 12.7 Å². The lowest BCUT2D eigenvalue weighted by molar-refractivity contribution is 0.390. The van der Waals surface area contributed by atoms with Gasteiger partial charge in [0.1, 0.15) is 0 Å². The van der Waals surface area contributed by atoms with Gasteiger partial charge in [-0.25, -0.2) is 0 Å². The highest BCUT2D eigenvalue weighted by molar-refractivity contribution is 5.36. The van der Waals surface area contributed by atoms with Crippen molar-refractivity contribution in [2.24, 2.45) is 0 Å². The molecule has 0 atom stereocenters. The van der Waals surface area contributed by atoms with Crippen molar-refractivity contribution in [1.82, 2.24) is 5.16 Å². The molecule has 0 fully saturated rings. The SMILES string of the molecule is C=C/C=C\C=c1\onc(C)c1=C. The van der Waals surface area contributed by atoms with Crippen molar-refractivity contribution in [2.45, 2.75) is 6.92 Å². The summed E-state index contributed by atoms with van der Waals surface area (Å²) in [7, 11) is 0. The van der Waals surface area contributed by atoms with E-state index in [0.717, 1.165) is 10.9 Å². The van der Waals surface area contributed by atoms with Crippen LogP contribution in [-0.4, -0.2) is 5.16 Å². The molecule has 0 amide bonds. The molecule has 0 aliphatic carbocycles. The molecule has 2 heteroatoms. The van der Waals surface area contributed by atoms with Gasteiger partial charge in [0.05, 0.1) is 5.69 Å². The van der Waals surface area contributed by atoms with Crippen LogP contribution in [-0.2, 0) is 0 Å². The number of nitrogens with zero attached hydrogens (tertiary/aromatic N) is 1. The minimum atomic E-state index is 0.700. The van der Waals surface area contributed by atoms with Crippen LogP contribution in [0.1, 0.15) is 5.69 Å². The fourth-order valence-corrected chi connectivity index (χ4v) is 0.759. The summed E-state index contributed by atoms with van der Waals surface area (Å²) in [6.45, 7) is 9.22. The highest BCUT2D eigenvalue weighted by Gasteiger charge is 1.92. The maximum Gasteiger partial charge on any atom is 0.166 e. The molecule has 2 nitrogen and oxygen atoms in total. The molecule has 0 aliphatic heterocycles. The van der Waals surface area contributed by atoms with Gasteiger partial charge in [-0.1, -0.05) is 36.5 Å². The normalized spacial score (nSPS) is 12.6. The first-order chi connectivity index (χ1) is 5.75. The Morgan fingerprint density at radius 3 is 2.67 bits per heavy atom. The molecule has 0 radical (unpaired) electrons. The summed E-state index contributed by atoms with van der Waals surface area (Å²) in [4.78, 5) is 0. The van der Waals surface area contributed by atoms with E-state index in [1.54, 1.807) is 6.08 Å². The van der Waals surface area contributed by atoms with E-state index in [-0.39, 0.29) is 0 Å². The maximum absolute atomic E-state index is 4.99. The van der Waals surface area contributed by atoms with E-state index < -0.39 is 0 Å². The van der Waals surface area contributed by atoms with Gasteiger partial charge in [-0.3, -0.25) is 0 Å². The van der Waals surface area contributed by atoms with E-state index in [4.69, 9.17) is 4.52 Å². The molecular weight excluding hydrogens is 150 g/mol. The molecule has 1 rings (SSSR count). The summed E-state index contributed by atoms with van der Waals surface area (Å²) in [6.07, 6.45) is 7.16. The highest BCUT2D eigenvalue weighted by Crippen LogP contribution is 1.77. The third-order valence-corrected chi connectivity index (χ3v) is 1.51. The van der Waals surface area contributed by atoms with Crippen LogP contribution >= 0.6 is 0 Å². The number of hydrogen-bond donors (Lipinski definition) is 0. The smallest absolute Gasteiger partial charge is 0.166 e. The van der Waals surface area contributed by atoms with Gasteiger partial charge in [0.15, 0.2) is 5.42 Å². The fraction of sp³-hybridized carbons (Fsp3) is 0.100. The van der Waals surface area contributed by atoms with Crippen molar-refractivity contribution in [3.63, 3.8) is 0 Å². The van der Waals surface area contributed by atoms with Gasteiger partial charge < -0.3 is 4.52 Å². The van der Waals surface area contributed by atoms with Gasteiger partial charge in [-0.2, -0.15) is 0 Å².